The van der Waals surface area contributed by atoms with Crippen molar-refractivity contribution in [3.05, 3.63) is 0 Å². The third kappa shape index (κ3) is 2.08. The highest BCUT2D eigenvalue weighted by molar-refractivity contribution is 5.78. The summed E-state index contributed by atoms with van der Waals surface area (Å²) in [7, 11) is 1.41. The van der Waals surface area contributed by atoms with Gasteiger partial charge in [0, 0.05) is 13.0 Å². The Hall–Kier alpha value is -0.610. The van der Waals surface area contributed by atoms with Crippen molar-refractivity contribution in [1.82, 2.24) is 0 Å². The minimum atomic E-state index is -1.02. The molecule has 0 aromatic carbocycles. The summed E-state index contributed by atoms with van der Waals surface area (Å²) in [6.45, 7) is 0.803. The smallest absolute Gasteiger partial charge is 0.314 e. The molecule has 0 spiro atoms. The third-order valence-corrected chi connectivity index (χ3v) is 4.42. The van der Waals surface area contributed by atoms with Crippen molar-refractivity contribution >= 4 is 5.97 Å². The van der Waals surface area contributed by atoms with Crippen molar-refractivity contribution in [3.63, 3.8) is 0 Å². The van der Waals surface area contributed by atoms with E-state index in [4.69, 9.17) is 9.47 Å². The van der Waals surface area contributed by atoms with Crippen LogP contribution < -0.4 is 0 Å². The van der Waals surface area contributed by atoms with E-state index in [1.807, 2.05) is 0 Å². The zero-order chi connectivity index (χ0) is 12.4. The lowest BCUT2D eigenvalue weighted by atomic mass is 9.66. The molecule has 0 aromatic rings. The molecule has 1 aliphatic carbocycles. The van der Waals surface area contributed by atoms with Gasteiger partial charge in [0.05, 0.1) is 19.1 Å². The highest BCUT2D eigenvalue weighted by atomic mass is 16.5. The van der Waals surface area contributed by atoms with Crippen LogP contribution in [0.3, 0.4) is 0 Å². The topological polar surface area (TPSA) is 55.8 Å². The first-order valence-corrected chi connectivity index (χ1v) is 6.53. The normalized spacial score (nSPS) is 33.1. The number of hydrogen-bond donors (Lipinski definition) is 1. The average molecular weight is 242 g/mol. The van der Waals surface area contributed by atoms with Crippen LogP contribution in [0.4, 0.5) is 0 Å². The van der Waals surface area contributed by atoms with E-state index in [-0.39, 0.29) is 12.6 Å². The Kier molecular flexibility index (Phi) is 3.73. The van der Waals surface area contributed by atoms with Crippen LogP contribution in [-0.4, -0.2) is 37.0 Å². The molecule has 1 N–H and O–H groups in total. The Morgan fingerprint density at radius 3 is 2.29 bits per heavy atom. The summed E-state index contributed by atoms with van der Waals surface area (Å²) in [6, 6.07) is 0. The fourth-order valence-electron chi connectivity index (χ4n) is 3.32. The zero-order valence-electron chi connectivity index (χ0n) is 10.5. The maximum Gasteiger partial charge on any atom is 0.314 e. The van der Waals surface area contributed by atoms with E-state index in [2.05, 4.69) is 0 Å². The second kappa shape index (κ2) is 4.94. The summed E-state index contributed by atoms with van der Waals surface area (Å²) in [5.74, 6) is -0.257. The third-order valence-electron chi connectivity index (χ3n) is 4.42. The molecule has 1 saturated carbocycles. The SMILES string of the molecule is COC(=O)C1(C2(O)CCOC2)CCCCCC1. The Bertz CT molecular complexity index is 273. The zero-order valence-corrected chi connectivity index (χ0v) is 10.5. The Balaban J connectivity index is 2.30. The second-order valence-electron chi connectivity index (χ2n) is 5.32. The maximum absolute atomic E-state index is 12.2. The van der Waals surface area contributed by atoms with E-state index in [0.29, 0.717) is 13.0 Å². The van der Waals surface area contributed by atoms with Crippen molar-refractivity contribution in [1.29, 1.82) is 0 Å². The van der Waals surface area contributed by atoms with E-state index >= 15 is 0 Å². The molecule has 1 aliphatic heterocycles. The van der Waals surface area contributed by atoms with Gasteiger partial charge in [-0.05, 0) is 12.8 Å². The van der Waals surface area contributed by atoms with Crippen molar-refractivity contribution in [2.75, 3.05) is 20.3 Å². The molecule has 0 bridgehead atoms. The van der Waals surface area contributed by atoms with Crippen LogP contribution in [-0.2, 0) is 14.3 Å². The Morgan fingerprint density at radius 2 is 1.82 bits per heavy atom. The molecule has 2 aliphatic rings. The summed E-state index contributed by atoms with van der Waals surface area (Å²) < 4.78 is 10.3. The summed E-state index contributed by atoms with van der Waals surface area (Å²) in [4.78, 5) is 12.2. The van der Waals surface area contributed by atoms with Crippen LogP contribution in [0.5, 0.6) is 0 Å². The molecule has 1 atom stereocenters. The molecule has 1 unspecified atom stereocenters. The second-order valence-corrected chi connectivity index (χ2v) is 5.32. The van der Waals surface area contributed by atoms with Crippen molar-refractivity contribution in [2.45, 2.75) is 50.5 Å². The largest absolute Gasteiger partial charge is 0.469 e. The van der Waals surface area contributed by atoms with Crippen LogP contribution >= 0.6 is 0 Å². The van der Waals surface area contributed by atoms with Gasteiger partial charge in [0.25, 0.3) is 0 Å². The maximum atomic E-state index is 12.2. The van der Waals surface area contributed by atoms with E-state index < -0.39 is 11.0 Å². The lowest BCUT2D eigenvalue weighted by Gasteiger charge is -2.41. The van der Waals surface area contributed by atoms with Gasteiger partial charge in [-0.3, -0.25) is 4.79 Å². The predicted octanol–water partition coefficient (Wildman–Crippen LogP) is 1.65. The van der Waals surface area contributed by atoms with Gasteiger partial charge in [0.15, 0.2) is 0 Å². The summed E-state index contributed by atoms with van der Waals surface area (Å²) in [6.07, 6.45) is 6.22. The van der Waals surface area contributed by atoms with E-state index in [0.717, 1.165) is 38.5 Å². The number of hydrogen-bond acceptors (Lipinski definition) is 4. The van der Waals surface area contributed by atoms with Gasteiger partial charge in [-0.2, -0.15) is 0 Å². The summed E-state index contributed by atoms with van der Waals surface area (Å²) in [5.41, 5.74) is -1.76. The fraction of sp³-hybridized carbons (Fsp3) is 0.923. The van der Waals surface area contributed by atoms with Crippen molar-refractivity contribution in [3.8, 4) is 0 Å². The Labute approximate surface area is 102 Å². The monoisotopic (exact) mass is 242 g/mol. The van der Waals surface area contributed by atoms with Crippen LogP contribution in [0.15, 0.2) is 0 Å². The van der Waals surface area contributed by atoms with Gasteiger partial charge in [0.1, 0.15) is 5.60 Å². The first-order chi connectivity index (χ1) is 8.15. The first kappa shape index (κ1) is 12.8. The number of methoxy groups -OCH3 is 1. The number of carbonyl (C=O) groups is 1. The quantitative estimate of drug-likeness (QED) is 0.591. The molecular weight excluding hydrogens is 220 g/mol. The van der Waals surface area contributed by atoms with Crippen LogP contribution in [0, 0.1) is 5.41 Å². The molecule has 98 valence electrons. The molecular formula is C13H22O4. The van der Waals surface area contributed by atoms with Gasteiger partial charge in [-0.15, -0.1) is 0 Å². The number of aliphatic hydroxyl groups is 1. The lowest BCUT2D eigenvalue weighted by molar-refractivity contribution is -0.176. The number of esters is 1. The van der Waals surface area contributed by atoms with Gasteiger partial charge in [0.2, 0.25) is 0 Å². The lowest BCUT2D eigenvalue weighted by Crippen LogP contribution is -2.54. The molecule has 0 aromatic heterocycles. The molecule has 0 amide bonds. The average Bonchev–Trinajstić information content (AvgIpc) is 2.65. The predicted molar refractivity (Wildman–Crippen MR) is 62.5 cm³/mol. The molecule has 0 radical (unpaired) electrons. The highest BCUT2D eigenvalue weighted by Crippen LogP contribution is 2.48. The number of rotatable bonds is 2. The van der Waals surface area contributed by atoms with Crippen LogP contribution in [0.25, 0.3) is 0 Å². The van der Waals surface area contributed by atoms with E-state index in [9.17, 15) is 9.90 Å². The van der Waals surface area contributed by atoms with Crippen LogP contribution in [0.2, 0.25) is 0 Å². The van der Waals surface area contributed by atoms with Crippen LogP contribution in [0.1, 0.15) is 44.9 Å². The van der Waals surface area contributed by atoms with Crippen molar-refractivity contribution in [2.24, 2.45) is 5.41 Å². The van der Waals surface area contributed by atoms with Crippen molar-refractivity contribution < 1.29 is 19.4 Å². The molecule has 17 heavy (non-hydrogen) atoms. The first-order valence-electron chi connectivity index (χ1n) is 6.53. The molecule has 2 fully saturated rings. The van der Waals surface area contributed by atoms with Gasteiger partial charge in [-0.1, -0.05) is 25.7 Å². The Morgan fingerprint density at radius 1 is 1.18 bits per heavy atom. The van der Waals surface area contributed by atoms with Gasteiger partial charge >= 0.3 is 5.97 Å². The molecule has 1 heterocycles. The van der Waals surface area contributed by atoms with E-state index in [1.54, 1.807) is 0 Å². The molecule has 4 nitrogen and oxygen atoms in total. The summed E-state index contributed by atoms with van der Waals surface area (Å²) in [5, 5.41) is 10.8. The van der Waals surface area contributed by atoms with Gasteiger partial charge in [-0.25, -0.2) is 0 Å². The molecule has 1 saturated heterocycles. The fourth-order valence-corrected chi connectivity index (χ4v) is 3.32. The number of ether oxygens (including phenoxy) is 2. The number of carbonyl (C=O) groups excluding carboxylic acids is 1. The van der Waals surface area contributed by atoms with E-state index in [1.165, 1.54) is 7.11 Å². The van der Waals surface area contributed by atoms with Gasteiger partial charge < -0.3 is 14.6 Å². The molecule has 2 rings (SSSR count). The highest BCUT2D eigenvalue weighted by Gasteiger charge is 2.57. The minimum absolute atomic E-state index is 0.257. The molecule has 4 heteroatoms. The minimum Gasteiger partial charge on any atom is -0.469 e. The summed E-state index contributed by atoms with van der Waals surface area (Å²) >= 11 is 0. The standard InChI is InChI=1S/C13H22O4/c1-16-11(14)12(6-4-2-3-5-7-12)13(15)8-9-17-10-13/h15H,2-10H2,1H3.